The first-order chi connectivity index (χ1) is 12.3. The predicted molar refractivity (Wildman–Crippen MR) is 104 cm³/mol. The molecule has 0 fully saturated rings. The van der Waals surface area contributed by atoms with Crippen molar-refractivity contribution >= 4 is 21.7 Å². The molecule has 5 heteroatoms. The molecule has 0 heterocycles. The van der Waals surface area contributed by atoms with Crippen LogP contribution in [0.3, 0.4) is 0 Å². The van der Waals surface area contributed by atoms with Crippen LogP contribution in [-0.4, -0.2) is 20.8 Å². The molecule has 0 aliphatic carbocycles. The Morgan fingerprint density at radius 2 is 1.58 bits per heavy atom. The van der Waals surface area contributed by atoms with Crippen LogP contribution in [0.4, 0.5) is 0 Å². The van der Waals surface area contributed by atoms with Crippen LogP contribution in [0.5, 0.6) is 5.75 Å². The van der Waals surface area contributed by atoms with Crippen molar-refractivity contribution in [2.45, 2.75) is 25.7 Å². The molecule has 0 N–H and O–H groups in total. The highest BCUT2D eigenvalue weighted by Crippen LogP contribution is 2.26. The molecular formula is C21H22O4S. The number of allylic oxidation sites excluding steroid dienone is 2. The van der Waals surface area contributed by atoms with Crippen LogP contribution in [0, 0.1) is 0 Å². The quantitative estimate of drug-likeness (QED) is 0.534. The maximum absolute atomic E-state index is 12.9. The zero-order valence-corrected chi connectivity index (χ0v) is 15.9. The molecule has 2 rings (SSSR count). The summed E-state index contributed by atoms with van der Waals surface area (Å²) in [6.45, 7) is 5.55. The second-order valence-electron chi connectivity index (χ2n) is 6.01. The SMILES string of the molecule is CC(=O)/C(=C/c1ccccc1OCC=C(C)C)S(=O)(=O)c1ccccc1. The standard InChI is InChI=1S/C21H22O4S/c1-16(2)13-14-25-20-12-8-7-9-18(20)15-21(17(3)22)26(23,24)19-10-5-4-6-11-19/h4-13,15H,14H2,1-3H3/b21-15-. The number of carbonyl (C=O) groups is 1. The molecule has 0 saturated carbocycles. The molecule has 2 aromatic carbocycles. The zero-order chi connectivity index (χ0) is 19.2. The second kappa shape index (κ2) is 8.63. The van der Waals surface area contributed by atoms with E-state index in [0.717, 1.165) is 5.57 Å². The molecule has 0 radical (unpaired) electrons. The van der Waals surface area contributed by atoms with Crippen LogP contribution >= 0.6 is 0 Å². The van der Waals surface area contributed by atoms with Crippen LogP contribution in [0.15, 0.2) is 76.0 Å². The van der Waals surface area contributed by atoms with Gasteiger partial charge in [-0.15, -0.1) is 0 Å². The highest BCUT2D eigenvalue weighted by Gasteiger charge is 2.24. The molecular weight excluding hydrogens is 348 g/mol. The molecule has 0 aromatic heterocycles. The largest absolute Gasteiger partial charge is 0.489 e. The van der Waals surface area contributed by atoms with Gasteiger partial charge >= 0.3 is 0 Å². The number of Topliss-reactive ketones (excluding diaryl/α,β-unsaturated/α-hetero) is 1. The number of ether oxygens (including phenoxy) is 1. The third kappa shape index (κ3) is 4.92. The minimum Gasteiger partial charge on any atom is -0.489 e. The Kier molecular flexibility index (Phi) is 6.52. The first-order valence-corrected chi connectivity index (χ1v) is 9.68. The fourth-order valence-corrected chi connectivity index (χ4v) is 3.70. The van der Waals surface area contributed by atoms with Gasteiger partial charge in [-0.3, -0.25) is 4.79 Å². The van der Waals surface area contributed by atoms with Crippen LogP contribution in [0.1, 0.15) is 26.3 Å². The van der Waals surface area contributed by atoms with E-state index >= 15 is 0 Å². The third-order valence-electron chi connectivity index (χ3n) is 3.63. The minimum atomic E-state index is -3.91. The number of rotatable bonds is 7. The van der Waals surface area contributed by atoms with E-state index in [2.05, 4.69) is 0 Å². The third-order valence-corrected chi connectivity index (χ3v) is 5.50. The Bertz CT molecular complexity index is 935. The fraction of sp³-hybridized carbons (Fsp3) is 0.190. The summed E-state index contributed by atoms with van der Waals surface area (Å²) in [5.41, 5.74) is 1.66. The van der Waals surface area contributed by atoms with Crippen molar-refractivity contribution in [1.29, 1.82) is 0 Å². The molecule has 0 atom stereocenters. The summed E-state index contributed by atoms with van der Waals surface area (Å²) in [4.78, 5) is 11.9. The number of para-hydroxylation sites is 1. The molecule has 26 heavy (non-hydrogen) atoms. The summed E-state index contributed by atoms with van der Waals surface area (Å²) >= 11 is 0. The van der Waals surface area contributed by atoms with Gasteiger partial charge in [0, 0.05) is 5.56 Å². The molecule has 0 aliphatic heterocycles. The molecule has 2 aromatic rings. The normalized spacial score (nSPS) is 11.7. The lowest BCUT2D eigenvalue weighted by Gasteiger charge is -2.10. The Hall–Kier alpha value is -2.66. The van der Waals surface area contributed by atoms with Crippen molar-refractivity contribution in [1.82, 2.24) is 0 Å². The average molecular weight is 370 g/mol. The van der Waals surface area contributed by atoms with Crippen molar-refractivity contribution in [3.05, 3.63) is 76.7 Å². The lowest BCUT2D eigenvalue weighted by Crippen LogP contribution is -2.11. The molecule has 0 unspecified atom stereocenters. The lowest BCUT2D eigenvalue weighted by molar-refractivity contribution is -0.112. The fourth-order valence-electron chi connectivity index (χ4n) is 2.27. The van der Waals surface area contributed by atoms with Crippen molar-refractivity contribution in [3.8, 4) is 5.75 Å². The maximum Gasteiger partial charge on any atom is 0.210 e. The van der Waals surface area contributed by atoms with Crippen LogP contribution < -0.4 is 4.74 Å². The van der Waals surface area contributed by atoms with E-state index in [-0.39, 0.29) is 9.80 Å². The molecule has 136 valence electrons. The van der Waals surface area contributed by atoms with E-state index in [4.69, 9.17) is 4.74 Å². The van der Waals surface area contributed by atoms with Crippen LogP contribution in [0.25, 0.3) is 6.08 Å². The summed E-state index contributed by atoms with van der Waals surface area (Å²) in [6, 6.07) is 15.0. The number of carbonyl (C=O) groups excluding carboxylic acids is 1. The summed E-state index contributed by atoms with van der Waals surface area (Å²) in [5, 5.41) is 0. The Labute approximate surface area is 154 Å². The van der Waals surface area contributed by atoms with Gasteiger partial charge < -0.3 is 4.74 Å². The predicted octanol–water partition coefficient (Wildman–Crippen LogP) is 4.44. The zero-order valence-electron chi connectivity index (χ0n) is 15.1. The number of ketones is 1. The van der Waals surface area contributed by atoms with E-state index in [9.17, 15) is 13.2 Å². The Balaban J connectivity index is 2.48. The second-order valence-corrected chi connectivity index (χ2v) is 7.93. The van der Waals surface area contributed by atoms with E-state index in [0.29, 0.717) is 17.9 Å². The molecule has 0 saturated heterocycles. The summed E-state index contributed by atoms with van der Waals surface area (Å²) in [5.74, 6) is -0.0000312. The van der Waals surface area contributed by atoms with Gasteiger partial charge in [0.05, 0.1) is 4.90 Å². The van der Waals surface area contributed by atoms with Gasteiger partial charge in [0.1, 0.15) is 17.3 Å². The number of hydrogen-bond donors (Lipinski definition) is 0. The molecule has 4 nitrogen and oxygen atoms in total. The molecule has 0 aliphatic rings. The van der Waals surface area contributed by atoms with Crippen LogP contribution in [-0.2, 0) is 14.6 Å². The first kappa shape index (κ1) is 19.7. The Morgan fingerprint density at radius 1 is 0.962 bits per heavy atom. The van der Waals surface area contributed by atoms with Gasteiger partial charge in [-0.1, -0.05) is 42.0 Å². The maximum atomic E-state index is 12.9. The van der Waals surface area contributed by atoms with E-state index in [1.54, 1.807) is 42.5 Å². The van der Waals surface area contributed by atoms with Gasteiger partial charge in [0.25, 0.3) is 0 Å². The molecule has 0 spiro atoms. The van der Waals surface area contributed by atoms with Gasteiger partial charge in [0.2, 0.25) is 9.84 Å². The van der Waals surface area contributed by atoms with E-state index < -0.39 is 15.6 Å². The summed E-state index contributed by atoms with van der Waals surface area (Å²) in [6.07, 6.45) is 3.30. The van der Waals surface area contributed by atoms with Gasteiger partial charge in [-0.25, -0.2) is 8.42 Å². The number of benzene rings is 2. The van der Waals surface area contributed by atoms with Crippen molar-refractivity contribution in [2.24, 2.45) is 0 Å². The number of hydrogen-bond acceptors (Lipinski definition) is 4. The Morgan fingerprint density at radius 3 is 2.19 bits per heavy atom. The highest BCUT2D eigenvalue weighted by molar-refractivity contribution is 7.96. The first-order valence-electron chi connectivity index (χ1n) is 8.20. The smallest absolute Gasteiger partial charge is 0.210 e. The molecule has 0 bridgehead atoms. The van der Waals surface area contributed by atoms with E-state index in [1.165, 1.54) is 25.1 Å². The lowest BCUT2D eigenvalue weighted by atomic mass is 10.1. The van der Waals surface area contributed by atoms with Crippen LogP contribution in [0.2, 0.25) is 0 Å². The van der Waals surface area contributed by atoms with Crippen molar-refractivity contribution < 1.29 is 17.9 Å². The van der Waals surface area contributed by atoms with Gasteiger partial charge in [0.15, 0.2) is 5.78 Å². The average Bonchev–Trinajstić information content (AvgIpc) is 2.60. The highest BCUT2D eigenvalue weighted by atomic mass is 32.2. The van der Waals surface area contributed by atoms with Crippen molar-refractivity contribution in [2.75, 3.05) is 6.61 Å². The number of sulfone groups is 1. The topological polar surface area (TPSA) is 60.4 Å². The summed E-state index contributed by atoms with van der Waals surface area (Å²) < 4.78 is 31.4. The van der Waals surface area contributed by atoms with E-state index in [1.807, 2.05) is 19.9 Å². The van der Waals surface area contributed by atoms with Gasteiger partial charge in [-0.05, 0) is 51.1 Å². The monoisotopic (exact) mass is 370 g/mol. The summed E-state index contributed by atoms with van der Waals surface area (Å²) in [7, 11) is -3.91. The minimum absolute atomic E-state index is 0.0874. The van der Waals surface area contributed by atoms with Gasteiger partial charge in [-0.2, -0.15) is 0 Å². The van der Waals surface area contributed by atoms with Crippen molar-refractivity contribution in [3.63, 3.8) is 0 Å². The molecule has 0 amide bonds.